The minimum Gasteiger partial charge on any atom is -0.341 e. The number of amides is 1. The Morgan fingerprint density at radius 2 is 2.27 bits per heavy atom. The van der Waals surface area contributed by atoms with Crippen molar-refractivity contribution in [3.63, 3.8) is 0 Å². The van der Waals surface area contributed by atoms with Crippen LogP contribution in [0.3, 0.4) is 0 Å². The summed E-state index contributed by atoms with van der Waals surface area (Å²) in [5.41, 5.74) is 1.81. The van der Waals surface area contributed by atoms with E-state index in [-0.39, 0.29) is 29.9 Å². The third-order valence-corrected chi connectivity index (χ3v) is 7.18. The standard InChI is InChI=1S/C14H16N2O3S3/c1-16(12-3-5-22(18,19)9-12)13(17)6-11-8-21-14(15-11)10-2-4-20-7-10/h2,4,7-8,12H,3,5-6,9H2,1H3. The van der Waals surface area contributed by atoms with Crippen molar-refractivity contribution in [2.24, 2.45) is 0 Å². The normalized spacial score (nSPS) is 20.1. The Balaban J connectivity index is 1.64. The molecule has 0 radical (unpaired) electrons. The highest BCUT2D eigenvalue weighted by atomic mass is 32.2. The minimum absolute atomic E-state index is 0.0759. The van der Waals surface area contributed by atoms with Crippen molar-refractivity contribution in [3.8, 4) is 10.6 Å². The van der Waals surface area contributed by atoms with Gasteiger partial charge in [-0.05, 0) is 17.9 Å². The summed E-state index contributed by atoms with van der Waals surface area (Å²) >= 11 is 3.14. The van der Waals surface area contributed by atoms with E-state index in [0.717, 1.165) is 16.3 Å². The van der Waals surface area contributed by atoms with Crippen LogP contribution in [0.4, 0.5) is 0 Å². The predicted molar refractivity (Wildman–Crippen MR) is 89.0 cm³/mol. The molecule has 0 aromatic carbocycles. The number of carbonyl (C=O) groups is 1. The number of hydrogen-bond acceptors (Lipinski definition) is 6. The van der Waals surface area contributed by atoms with Gasteiger partial charge in [0.15, 0.2) is 9.84 Å². The van der Waals surface area contributed by atoms with Gasteiger partial charge in [-0.2, -0.15) is 11.3 Å². The van der Waals surface area contributed by atoms with Crippen LogP contribution >= 0.6 is 22.7 Å². The summed E-state index contributed by atoms with van der Waals surface area (Å²) in [7, 11) is -1.30. The highest BCUT2D eigenvalue weighted by Crippen LogP contribution is 2.26. The van der Waals surface area contributed by atoms with Crippen LogP contribution in [0.1, 0.15) is 12.1 Å². The lowest BCUT2D eigenvalue weighted by Crippen LogP contribution is -2.38. The van der Waals surface area contributed by atoms with Crippen molar-refractivity contribution < 1.29 is 13.2 Å². The Morgan fingerprint density at radius 1 is 1.45 bits per heavy atom. The first-order valence-electron chi connectivity index (χ1n) is 6.88. The molecule has 1 fully saturated rings. The molecular weight excluding hydrogens is 340 g/mol. The minimum atomic E-state index is -2.98. The van der Waals surface area contributed by atoms with E-state index in [0.29, 0.717) is 6.42 Å². The average Bonchev–Trinajstić information content (AvgIpc) is 3.17. The van der Waals surface area contributed by atoms with E-state index in [2.05, 4.69) is 4.98 Å². The summed E-state index contributed by atoms with van der Waals surface area (Å²) in [6.07, 6.45) is 0.746. The second kappa shape index (κ2) is 6.10. The monoisotopic (exact) mass is 356 g/mol. The maximum Gasteiger partial charge on any atom is 0.228 e. The van der Waals surface area contributed by atoms with E-state index in [1.165, 1.54) is 11.3 Å². The molecule has 1 aliphatic rings. The first-order chi connectivity index (χ1) is 10.4. The largest absolute Gasteiger partial charge is 0.341 e. The zero-order chi connectivity index (χ0) is 15.7. The highest BCUT2D eigenvalue weighted by Gasteiger charge is 2.32. The van der Waals surface area contributed by atoms with Crippen molar-refractivity contribution in [1.82, 2.24) is 9.88 Å². The second-order valence-electron chi connectivity index (χ2n) is 5.39. The van der Waals surface area contributed by atoms with E-state index in [9.17, 15) is 13.2 Å². The number of carbonyl (C=O) groups excluding carboxylic acids is 1. The van der Waals surface area contributed by atoms with Gasteiger partial charge in [-0.3, -0.25) is 4.79 Å². The van der Waals surface area contributed by atoms with Gasteiger partial charge < -0.3 is 4.90 Å². The summed E-state index contributed by atoms with van der Waals surface area (Å²) in [5.74, 6) is 0.171. The van der Waals surface area contributed by atoms with Crippen LogP contribution < -0.4 is 0 Å². The number of thiazole rings is 1. The molecule has 0 aliphatic carbocycles. The number of hydrogen-bond donors (Lipinski definition) is 0. The van der Waals surface area contributed by atoms with E-state index >= 15 is 0 Å². The quantitative estimate of drug-likeness (QED) is 0.841. The second-order valence-corrected chi connectivity index (χ2v) is 9.26. The molecule has 2 aromatic heterocycles. The van der Waals surface area contributed by atoms with Crippen LogP contribution in [-0.2, 0) is 21.1 Å². The molecule has 1 saturated heterocycles. The third kappa shape index (κ3) is 3.39. The Kier molecular flexibility index (Phi) is 4.33. The molecule has 8 heteroatoms. The van der Waals surface area contributed by atoms with Gasteiger partial charge in [0.05, 0.1) is 23.6 Å². The van der Waals surface area contributed by atoms with E-state index in [1.54, 1.807) is 23.3 Å². The third-order valence-electron chi connectivity index (χ3n) is 3.80. The van der Waals surface area contributed by atoms with Crippen molar-refractivity contribution in [2.75, 3.05) is 18.6 Å². The van der Waals surface area contributed by atoms with E-state index < -0.39 is 9.84 Å². The Hall–Kier alpha value is -1.25. The molecular formula is C14H16N2O3S3. The lowest BCUT2D eigenvalue weighted by Gasteiger charge is -2.23. The fourth-order valence-corrected chi connectivity index (χ4v) is 5.78. The molecule has 1 aliphatic heterocycles. The summed E-state index contributed by atoms with van der Waals surface area (Å²) in [5, 5.41) is 6.83. The van der Waals surface area contributed by atoms with Crippen LogP contribution in [0.25, 0.3) is 10.6 Å². The van der Waals surface area contributed by atoms with Gasteiger partial charge in [0.25, 0.3) is 0 Å². The average molecular weight is 356 g/mol. The Morgan fingerprint density at radius 3 is 2.91 bits per heavy atom. The van der Waals surface area contributed by atoms with Gasteiger partial charge in [-0.1, -0.05) is 0 Å². The summed E-state index contributed by atoms with van der Waals surface area (Å²) in [6.45, 7) is 0. The van der Waals surface area contributed by atoms with Crippen LogP contribution in [0, 0.1) is 0 Å². The van der Waals surface area contributed by atoms with Crippen molar-refractivity contribution >= 4 is 38.4 Å². The van der Waals surface area contributed by atoms with Gasteiger partial charge in [0, 0.05) is 29.4 Å². The molecule has 118 valence electrons. The topological polar surface area (TPSA) is 67.3 Å². The lowest BCUT2D eigenvalue weighted by atomic mass is 10.2. The maximum atomic E-state index is 12.3. The molecule has 1 atom stereocenters. The maximum absolute atomic E-state index is 12.3. The molecule has 2 aromatic rings. The first-order valence-corrected chi connectivity index (χ1v) is 10.5. The number of rotatable bonds is 4. The zero-order valence-electron chi connectivity index (χ0n) is 12.1. The zero-order valence-corrected chi connectivity index (χ0v) is 14.5. The van der Waals surface area contributed by atoms with Crippen LogP contribution in [0.2, 0.25) is 0 Å². The van der Waals surface area contributed by atoms with Gasteiger partial charge >= 0.3 is 0 Å². The molecule has 0 N–H and O–H groups in total. The number of thiophene rings is 1. The van der Waals surface area contributed by atoms with Crippen LogP contribution in [0.15, 0.2) is 22.2 Å². The number of likely N-dealkylation sites (N-methyl/N-ethyl adjacent to an activating group) is 1. The molecule has 0 bridgehead atoms. The molecule has 1 amide bonds. The van der Waals surface area contributed by atoms with Crippen LogP contribution in [0.5, 0.6) is 0 Å². The van der Waals surface area contributed by atoms with Crippen molar-refractivity contribution in [2.45, 2.75) is 18.9 Å². The van der Waals surface area contributed by atoms with Crippen molar-refractivity contribution in [3.05, 3.63) is 27.9 Å². The summed E-state index contributed by atoms with van der Waals surface area (Å²) < 4.78 is 23.0. The fourth-order valence-electron chi connectivity index (χ4n) is 2.47. The summed E-state index contributed by atoms with van der Waals surface area (Å²) in [4.78, 5) is 18.4. The van der Waals surface area contributed by atoms with Crippen LogP contribution in [-0.4, -0.2) is 48.8 Å². The number of nitrogens with zero attached hydrogens (tertiary/aromatic N) is 2. The SMILES string of the molecule is CN(C(=O)Cc1csc(-c2ccsc2)n1)C1CCS(=O)(=O)C1. The van der Waals surface area contributed by atoms with Gasteiger partial charge in [-0.25, -0.2) is 13.4 Å². The van der Waals surface area contributed by atoms with Gasteiger partial charge in [0.2, 0.25) is 5.91 Å². The molecule has 5 nitrogen and oxygen atoms in total. The van der Waals surface area contributed by atoms with Crippen molar-refractivity contribution in [1.29, 1.82) is 0 Å². The number of aromatic nitrogens is 1. The van der Waals surface area contributed by atoms with Gasteiger partial charge in [-0.15, -0.1) is 11.3 Å². The van der Waals surface area contributed by atoms with E-state index in [1.807, 2.05) is 22.2 Å². The summed E-state index contributed by atoms with van der Waals surface area (Å²) in [6, 6.07) is 1.80. The lowest BCUT2D eigenvalue weighted by molar-refractivity contribution is -0.130. The van der Waals surface area contributed by atoms with E-state index in [4.69, 9.17) is 0 Å². The molecule has 0 saturated carbocycles. The first kappa shape index (κ1) is 15.6. The predicted octanol–water partition coefficient (Wildman–Crippen LogP) is 2.06. The smallest absolute Gasteiger partial charge is 0.228 e. The number of sulfone groups is 1. The molecule has 3 rings (SSSR count). The molecule has 0 spiro atoms. The molecule has 22 heavy (non-hydrogen) atoms. The van der Waals surface area contributed by atoms with Gasteiger partial charge in [0.1, 0.15) is 5.01 Å². The highest BCUT2D eigenvalue weighted by molar-refractivity contribution is 7.91. The molecule has 3 heterocycles. The fraction of sp³-hybridized carbons (Fsp3) is 0.429. The Bertz CT molecular complexity index is 765. The Labute approximate surface area is 137 Å². The molecule has 1 unspecified atom stereocenters.